The van der Waals surface area contributed by atoms with Crippen LogP contribution in [0.15, 0.2) is 18.2 Å². The minimum atomic E-state index is 0.104. The van der Waals surface area contributed by atoms with E-state index in [2.05, 4.69) is 0 Å². The number of ether oxygens (including phenoxy) is 2. The molecule has 0 saturated heterocycles. The first-order chi connectivity index (χ1) is 8.54. The smallest absolute Gasteiger partial charge is 0.222 e. The second kappa shape index (κ2) is 6.74. The van der Waals surface area contributed by atoms with E-state index in [0.29, 0.717) is 36.6 Å². The summed E-state index contributed by atoms with van der Waals surface area (Å²) in [5.74, 6) is 1.42. The summed E-state index contributed by atoms with van der Waals surface area (Å²) >= 11 is 0. The SMILES string of the molecule is COc1ccc(OCCCC(=O)N(C)C)cc1N. The van der Waals surface area contributed by atoms with Gasteiger partial charge in [-0.3, -0.25) is 4.79 Å². The van der Waals surface area contributed by atoms with Gasteiger partial charge in [0.05, 0.1) is 19.4 Å². The van der Waals surface area contributed by atoms with E-state index in [-0.39, 0.29) is 5.91 Å². The molecule has 0 unspecified atom stereocenters. The molecule has 2 N–H and O–H groups in total. The van der Waals surface area contributed by atoms with Crippen LogP contribution in [0.25, 0.3) is 0 Å². The maximum absolute atomic E-state index is 11.3. The van der Waals surface area contributed by atoms with Gasteiger partial charge in [0, 0.05) is 26.6 Å². The predicted octanol–water partition coefficient (Wildman–Crippen LogP) is 1.52. The van der Waals surface area contributed by atoms with Gasteiger partial charge in [0.1, 0.15) is 11.5 Å². The number of carbonyl (C=O) groups excluding carboxylic acids is 1. The van der Waals surface area contributed by atoms with Crippen LogP contribution in [0.2, 0.25) is 0 Å². The van der Waals surface area contributed by atoms with Crippen LogP contribution >= 0.6 is 0 Å². The molecule has 0 aliphatic heterocycles. The van der Waals surface area contributed by atoms with Crippen molar-refractivity contribution in [2.75, 3.05) is 33.5 Å². The van der Waals surface area contributed by atoms with Crippen LogP contribution in [-0.2, 0) is 4.79 Å². The van der Waals surface area contributed by atoms with Crippen molar-refractivity contribution in [3.8, 4) is 11.5 Å². The van der Waals surface area contributed by atoms with E-state index in [1.165, 1.54) is 0 Å². The summed E-state index contributed by atoms with van der Waals surface area (Å²) < 4.78 is 10.6. The highest BCUT2D eigenvalue weighted by molar-refractivity contribution is 5.75. The normalized spacial score (nSPS) is 9.94. The number of nitrogens with zero attached hydrogens (tertiary/aromatic N) is 1. The van der Waals surface area contributed by atoms with E-state index < -0.39 is 0 Å². The number of anilines is 1. The standard InChI is InChI=1S/C13H20N2O3/c1-15(2)13(16)5-4-8-18-10-6-7-12(17-3)11(14)9-10/h6-7,9H,4-5,8,14H2,1-3H3. The van der Waals surface area contributed by atoms with Crippen molar-refractivity contribution < 1.29 is 14.3 Å². The summed E-state index contributed by atoms with van der Waals surface area (Å²) in [6.45, 7) is 0.491. The van der Waals surface area contributed by atoms with Crippen molar-refractivity contribution in [2.45, 2.75) is 12.8 Å². The highest BCUT2D eigenvalue weighted by Crippen LogP contribution is 2.25. The van der Waals surface area contributed by atoms with E-state index in [1.807, 2.05) is 0 Å². The molecule has 1 amide bonds. The summed E-state index contributed by atoms with van der Waals surface area (Å²) in [6, 6.07) is 5.27. The first-order valence-electron chi connectivity index (χ1n) is 5.81. The molecule has 0 aliphatic carbocycles. The molecule has 0 radical (unpaired) electrons. The molecule has 0 aromatic heterocycles. The number of hydrogen-bond acceptors (Lipinski definition) is 4. The van der Waals surface area contributed by atoms with Crippen molar-refractivity contribution in [3.63, 3.8) is 0 Å². The van der Waals surface area contributed by atoms with Crippen LogP contribution in [0.1, 0.15) is 12.8 Å². The molecular formula is C13H20N2O3. The number of benzene rings is 1. The topological polar surface area (TPSA) is 64.8 Å². The minimum Gasteiger partial charge on any atom is -0.495 e. The fourth-order valence-electron chi connectivity index (χ4n) is 1.44. The highest BCUT2D eigenvalue weighted by Gasteiger charge is 2.04. The molecule has 0 fully saturated rings. The predicted molar refractivity (Wildman–Crippen MR) is 70.8 cm³/mol. The van der Waals surface area contributed by atoms with Crippen molar-refractivity contribution in [1.29, 1.82) is 0 Å². The van der Waals surface area contributed by atoms with E-state index >= 15 is 0 Å². The average Bonchev–Trinajstić information content (AvgIpc) is 2.34. The van der Waals surface area contributed by atoms with E-state index in [9.17, 15) is 4.79 Å². The lowest BCUT2D eigenvalue weighted by Gasteiger charge is -2.11. The van der Waals surface area contributed by atoms with E-state index in [4.69, 9.17) is 15.2 Å². The number of rotatable bonds is 6. The Morgan fingerprint density at radius 2 is 2.11 bits per heavy atom. The summed E-state index contributed by atoms with van der Waals surface area (Å²) in [5.41, 5.74) is 6.30. The number of amides is 1. The monoisotopic (exact) mass is 252 g/mol. The molecule has 0 spiro atoms. The molecule has 1 rings (SSSR count). The van der Waals surface area contributed by atoms with Gasteiger partial charge >= 0.3 is 0 Å². The molecule has 1 aromatic rings. The maximum Gasteiger partial charge on any atom is 0.222 e. The zero-order valence-electron chi connectivity index (χ0n) is 11.1. The Labute approximate surface area is 107 Å². The van der Waals surface area contributed by atoms with Crippen LogP contribution in [0, 0.1) is 0 Å². The summed E-state index contributed by atoms with van der Waals surface area (Å²) in [6.07, 6.45) is 1.17. The first-order valence-corrected chi connectivity index (χ1v) is 5.81. The van der Waals surface area contributed by atoms with Gasteiger partial charge in [-0.1, -0.05) is 0 Å². The van der Waals surface area contributed by atoms with Crippen molar-refractivity contribution in [3.05, 3.63) is 18.2 Å². The van der Waals surface area contributed by atoms with Gasteiger partial charge in [0.2, 0.25) is 5.91 Å². The Hall–Kier alpha value is -1.91. The fourth-order valence-corrected chi connectivity index (χ4v) is 1.44. The quantitative estimate of drug-likeness (QED) is 0.616. The van der Waals surface area contributed by atoms with Crippen LogP contribution in [0.5, 0.6) is 11.5 Å². The summed E-state index contributed by atoms with van der Waals surface area (Å²) in [5, 5.41) is 0. The molecule has 5 heteroatoms. The van der Waals surface area contributed by atoms with Gasteiger partial charge in [-0.15, -0.1) is 0 Å². The van der Waals surface area contributed by atoms with Crippen LogP contribution in [-0.4, -0.2) is 38.6 Å². The molecule has 0 atom stereocenters. The third-order valence-electron chi connectivity index (χ3n) is 2.50. The molecule has 1 aromatic carbocycles. The Bertz CT molecular complexity index is 405. The lowest BCUT2D eigenvalue weighted by atomic mass is 10.2. The molecule has 0 aliphatic rings. The zero-order chi connectivity index (χ0) is 13.5. The van der Waals surface area contributed by atoms with Gasteiger partial charge in [-0.25, -0.2) is 0 Å². The van der Waals surface area contributed by atoms with Crippen LogP contribution < -0.4 is 15.2 Å². The molecule has 0 bridgehead atoms. The number of methoxy groups -OCH3 is 1. The Morgan fingerprint density at radius 1 is 1.39 bits per heavy atom. The van der Waals surface area contributed by atoms with Crippen molar-refractivity contribution >= 4 is 11.6 Å². The Morgan fingerprint density at radius 3 is 2.67 bits per heavy atom. The molecule has 5 nitrogen and oxygen atoms in total. The van der Waals surface area contributed by atoms with Gasteiger partial charge in [0.25, 0.3) is 0 Å². The van der Waals surface area contributed by atoms with Gasteiger partial charge in [-0.2, -0.15) is 0 Å². The van der Waals surface area contributed by atoms with Crippen LogP contribution in [0.3, 0.4) is 0 Å². The van der Waals surface area contributed by atoms with Crippen LogP contribution in [0.4, 0.5) is 5.69 Å². The first kappa shape index (κ1) is 14.2. The fraction of sp³-hybridized carbons (Fsp3) is 0.462. The third-order valence-corrected chi connectivity index (χ3v) is 2.50. The largest absolute Gasteiger partial charge is 0.495 e. The maximum atomic E-state index is 11.3. The molecule has 100 valence electrons. The Kier molecular flexibility index (Phi) is 5.30. The highest BCUT2D eigenvalue weighted by atomic mass is 16.5. The lowest BCUT2D eigenvalue weighted by molar-refractivity contribution is -0.128. The van der Waals surface area contributed by atoms with Gasteiger partial charge < -0.3 is 20.1 Å². The molecule has 0 heterocycles. The second-order valence-electron chi connectivity index (χ2n) is 4.14. The summed E-state index contributed by atoms with van der Waals surface area (Å²) in [7, 11) is 5.06. The lowest BCUT2D eigenvalue weighted by Crippen LogP contribution is -2.21. The van der Waals surface area contributed by atoms with E-state index in [1.54, 1.807) is 44.3 Å². The number of hydrogen-bond donors (Lipinski definition) is 1. The summed E-state index contributed by atoms with van der Waals surface area (Å²) in [4.78, 5) is 12.9. The van der Waals surface area contributed by atoms with Gasteiger partial charge in [0.15, 0.2) is 0 Å². The average molecular weight is 252 g/mol. The zero-order valence-corrected chi connectivity index (χ0v) is 11.1. The van der Waals surface area contributed by atoms with Gasteiger partial charge in [-0.05, 0) is 18.6 Å². The minimum absolute atomic E-state index is 0.104. The van der Waals surface area contributed by atoms with Crippen molar-refractivity contribution in [1.82, 2.24) is 4.90 Å². The molecule has 0 saturated carbocycles. The number of carbonyl (C=O) groups is 1. The molecule has 18 heavy (non-hydrogen) atoms. The third kappa shape index (κ3) is 4.16. The Balaban J connectivity index is 2.36. The number of nitrogen functional groups attached to an aromatic ring is 1. The second-order valence-corrected chi connectivity index (χ2v) is 4.14. The van der Waals surface area contributed by atoms with Crippen molar-refractivity contribution in [2.24, 2.45) is 0 Å². The molecular weight excluding hydrogens is 232 g/mol. The number of nitrogens with two attached hydrogens (primary N) is 1. The van der Waals surface area contributed by atoms with E-state index in [0.717, 1.165) is 0 Å².